The summed E-state index contributed by atoms with van der Waals surface area (Å²) < 4.78 is 33.0. The quantitative estimate of drug-likeness (QED) is 0.729. The van der Waals surface area contributed by atoms with Crippen LogP contribution in [-0.4, -0.2) is 24.7 Å². The molecule has 4 rings (SSSR count). The lowest BCUT2D eigenvalue weighted by Crippen LogP contribution is -2.36. The number of Topliss-reactive ketones (excluding diaryl/α,β-unsaturated/α-hetero) is 1. The SMILES string of the molecule is CC(C(=O)C1=NOCC1Cc1ccccc1)C1(c2ccc(F)cc2F)CO1. The van der Waals surface area contributed by atoms with E-state index in [1.54, 1.807) is 6.92 Å². The van der Waals surface area contributed by atoms with Crippen molar-refractivity contribution in [3.8, 4) is 0 Å². The van der Waals surface area contributed by atoms with Gasteiger partial charge in [0.1, 0.15) is 29.6 Å². The summed E-state index contributed by atoms with van der Waals surface area (Å²) in [5.74, 6) is -2.41. The third-order valence-electron chi connectivity index (χ3n) is 5.34. The highest BCUT2D eigenvalue weighted by molar-refractivity contribution is 6.41. The average Bonchev–Trinajstić information content (AvgIpc) is 3.33. The van der Waals surface area contributed by atoms with Gasteiger partial charge in [0.15, 0.2) is 5.78 Å². The minimum Gasteiger partial charge on any atom is -0.395 e. The van der Waals surface area contributed by atoms with Gasteiger partial charge in [0, 0.05) is 17.5 Å². The molecule has 3 atom stereocenters. The Kier molecular flexibility index (Phi) is 4.52. The topological polar surface area (TPSA) is 51.2 Å². The number of ether oxygens (including phenoxy) is 1. The number of nitrogens with zero attached hydrogens (tertiary/aromatic N) is 1. The molecule has 2 aromatic rings. The number of carbonyl (C=O) groups is 1. The lowest BCUT2D eigenvalue weighted by atomic mass is 9.80. The third-order valence-corrected chi connectivity index (χ3v) is 5.34. The molecule has 3 unspecified atom stereocenters. The summed E-state index contributed by atoms with van der Waals surface area (Å²) in [6, 6.07) is 13.1. The molecule has 2 aromatic carbocycles. The van der Waals surface area contributed by atoms with E-state index in [9.17, 15) is 13.6 Å². The normalized spacial score (nSPS) is 24.9. The molecule has 0 N–H and O–H groups in total. The first-order valence-corrected chi connectivity index (χ1v) is 8.89. The number of oxime groups is 1. The van der Waals surface area contributed by atoms with Crippen LogP contribution in [0.2, 0.25) is 0 Å². The lowest BCUT2D eigenvalue weighted by Gasteiger charge is -2.21. The minimum atomic E-state index is -1.07. The maximum Gasteiger partial charge on any atom is 0.186 e. The van der Waals surface area contributed by atoms with Gasteiger partial charge < -0.3 is 9.57 Å². The lowest BCUT2D eigenvalue weighted by molar-refractivity contribution is -0.118. The van der Waals surface area contributed by atoms with Gasteiger partial charge in [0.2, 0.25) is 0 Å². The Balaban J connectivity index is 1.55. The molecule has 2 aliphatic rings. The van der Waals surface area contributed by atoms with Gasteiger partial charge in [-0.2, -0.15) is 0 Å². The first-order valence-electron chi connectivity index (χ1n) is 8.89. The predicted octanol–water partition coefficient (Wildman–Crippen LogP) is 3.64. The van der Waals surface area contributed by atoms with Crippen LogP contribution < -0.4 is 0 Å². The fourth-order valence-electron chi connectivity index (χ4n) is 3.63. The van der Waals surface area contributed by atoms with Crippen molar-refractivity contribution in [2.24, 2.45) is 17.0 Å². The molecule has 0 aromatic heterocycles. The smallest absolute Gasteiger partial charge is 0.186 e. The number of ketones is 1. The van der Waals surface area contributed by atoms with Crippen LogP contribution in [0.1, 0.15) is 18.1 Å². The molecule has 0 saturated carbocycles. The van der Waals surface area contributed by atoms with Crippen LogP contribution in [0, 0.1) is 23.5 Å². The van der Waals surface area contributed by atoms with Gasteiger partial charge in [-0.1, -0.05) is 48.5 Å². The van der Waals surface area contributed by atoms with Crippen molar-refractivity contribution in [2.75, 3.05) is 13.2 Å². The molecule has 140 valence electrons. The summed E-state index contributed by atoms with van der Waals surface area (Å²) in [5.41, 5.74) is 0.563. The summed E-state index contributed by atoms with van der Waals surface area (Å²) >= 11 is 0. The Labute approximate surface area is 155 Å². The monoisotopic (exact) mass is 371 g/mol. The Morgan fingerprint density at radius 1 is 1.26 bits per heavy atom. The number of carbonyl (C=O) groups excluding carboxylic acids is 1. The number of hydrogen-bond donors (Lipinski definition) is 0. The third kappa shape index (κ3) is 3.25. The van der Waals surface area contributed by atoms with E-state index in [2.05, 4.69) is 5.16 Å². The first-order chi connectivity index (χ1) is 13.0. The van der Waals surface area contributed by atoms with Gasteiger partial charge in [-0.05, 0) is 18.1 Å². The van der Waals surface area contributed by atoms with Crippen molar-refractivity contribution in [3.63, 3.8) is 0 Å². The highest BCUT2D eigenvalue weighted by Crippen LogP contribution is 2.47. The fourth-order valence-corrected chi connectivity index (χ4v) is 3.63. The van der Waals surface area contributed by atoms with Gasteiger partial charge in [-0.3, -0.25) is 4.79 Å². The van der Waals surface area contributed by atoms with E-state index in [1.807, 2.05) is 30.3 Å². The molecule has 1 fully saturated rings. The van der Waals surface area contributed by atoms with E-state index >= 15 is 0 Å². The summed E-state index contributed by atoms with van der Waals surface area (Å²) in [7, 11) is 0. The molecule has 0 aliphatic carbocycles. The standard InChI is InChI=1S/C21H19F2NO3/c1-13(21(12-26-21)17-8-7-16(22)10-18(17)23)20(25)19-15(11-27-24-19)9-14-5-3-2-4-6-14/h2-8,10,13,15H,9,11-12H2,1H3. The predicted molar refractivity (Wildman–Crippen MR) is 95.2 cm³/mol. The molecule has 6 heteroatoms. The van der Waals surface area contributed by atoms with Gasteiger partial charge in [-0.15, -0.1) is 0 Å². The molecule has 4 nitrogen and oxygen atoms in total. The van der Waals surface area contributed by atoms with Crippen molar-refractivity contribution in [3.05, 3.63) is 71.3 Å². The highest BCUT2D eigenvalue weighted by Gasteiger charge is 2.56. The number of epoxide rings is 1. The van der Waals surface area contributed by atoms with Crippen LogP contribution in [0.3, 0.4) is 0 Å². The Bertz CT molecular complexity index is 894. The van der Waals surface area contributed by atoms with Crippen molar-refractivity contribution < 1.29 is 23.1 Å². The minimum absolute atomic E-state index is 0.156. The van der Waals surface area contributed by atoms with E-state index < -0.39 is 23.2 Å². The zero-order valence-corrected chi connectivity index (χ0v) is 14.8. The molecular weight excluding hydrogens is 352 g/mol. The van der Waals surface area contributed by atoms with Crippen molar-refractivity contribution >= 4 is 11.5 Å². The number of rotatable bonds is 6. The zero-order valence-electron chi connectivity index (χ0n) is 14.8. The van der Waals surface area contributed by atoms with Crippen molar-refractivity contribution in [2.45, 2.75) is 18.9 Å². The molecule has 27 heavy (non-hydrogen) atoms. The number of hydrogen-bond acceptors (Lipinski definition) is 4. The first kappa shape index (κ1) is 17.8. The Morgan fingerprint density at radius 2 is 2.00 bits per heavy atom. The molecule has 0 radical (unpaired) electrons. The van der Waals surface area contributed by atoms with E-state index in [0.29, 0.717) is 18.7 Å². The van der Waals surface area contributed by atoms with Crippen LogP contribution >= 0.6 is 0 Å². The molecule has 0 amide bonds. The molecule has 2 aliphatic heterocycles. The van der Waals surface area contributed by atoms with Gasteiger partial charge in [0.05, 0.1) is 12.5 Å². The highest BCUT2D eigenvalue weighted by atomic mass is 19.1. The number of halogens is 2. The molecule has 2 heterocycles. The van der Waals surface area contributed by atoms with Gasteiger partial charge in [-0.25, -0.2) is 8.78 Å². The summed E-state index contributed by atoms with van der Waals surface area (Å²) in [6.07, 6.45) is 0.636. The molecular formula is C21H19F2NO3. The second kappa shape index (κ2) is 6.85. The Hall–Kier alpha value is -2.60. The largest absolute Gasteiger partial charge is 0.395 e. The second-order valence-corrected chi connectivity index (χ2v) is 7.05. The van der Waals surface area contributed by atoms with Gasteiger partial charge in [0.25, 0.3) is 0 Å². The van der Waals surface area contributed by atoms with E-state index in [0.717, 1.165) is 11.6 Å². The van der Waals surface area contributed by atoms with Crippen LogP contribution in [-0.2, 0) is 26.4 Å². The van der Waals surface area contributed by atoms with E-state index in [1.165, 1.54) is 12.1 Å². The molecule has 0 spiro atoms. The maximum atomic E-state index is 14.3. The van der Waals surface area contributed by atoms with Crippen molar-refractivity contribution in [1.29, 1.82) is 0 Å². The molecule has 0 bridgehead atoms. The maximum absolute atomic E-state index is 14.3. The fraction of sp³-hybridized carbons (Fsp3) is 0.333. The van der Waals surface area contributed by atoms with Crippen LogP contribution in [0.15, 0.2) is 53.7 Å². The van der Waals surface area contributed by atoms with Crippen LogP contribution in [0.25, 0.3) is 0 Å². The Morgan fingerprint density at radius 3 is 2.67 bits per heavy atom. The summed E-state index contributed by atoms with van der Waals surface area (Å²) in [5, 5.41) is 3.96. The van der Waals surface area contributed by atoms with Crippen molar-refractivity contribution in [1.82, 2.24) is 0 Å². The molecule has 1 saturated heterocycles. The van der Waals surface area contributed by atoms with Crippen LogP contribution in [0.4, 0.5) is 8.78 Å². The van der Waals surface area contributed by atoms with Crippen LogP contribution in [0.5, 0.6) is 0 Å². The second-order valence-electron chi connectivity index (χ2n) is 7.05. The van der Waals surface area contributed by atoms with E-state index in [4.69, 9.17) is 9.57 Å². The summed E-state index contributed by atoms with van der Waals surface area (Å²) in [4.78, 5) is 18.3. The van der Waals surface area contributed by atoms with E-state index in [-0.39, 0.29) is 23.9 Å². The van der Waals surface area contributed by atoms with Gasteiger partial charge >= 0.3 is 0 Å². The average molecular weight is 371 g/mol. The summed E-state index contributed by atoms with van der Waals surface area (Å²) in [6.45, 7) is 2.24. The zero-order chi connectivity index (χ0) is 19.0. The number of benzene rings is 2.